The van der Waals surface area contributed by atoms with E-state index in [1.807, 2.05) is 22.6 Å². The maximum atomic E-state index is 12.7. The first-order valence-corrected chi connectivity index (χ1v) is 11.9. The third-order valence-electron chi connectivity index (χ3n) is 4.03. The van der Waals surface area contributed by atoms with Crippen LogP contribution < -0.4 is 10.1 Å². The smallest absolute Gasteiger partial charge is 0.294 e. The van der Waals surface area contributed by atoms with E-state index in [9.17, 15) is 19.5 Å². The first-order valence-electron chi connectivity index (χ1n) is 8.85. The van der Waals surface area contributed by atoms with Gasteiger partial charge >= 0.3 is 0 Å². The number of amides is 3. The molecule has 0 saturated carbocycles. The zero-order valence-corrected chi connectivity index (χ0v) is 21.3. The number of imide groups is 1. The predicted octanol–water partition coefficient (Wildman–Crippen LogP) is 5.49. The molecule has 31 heavy (non-hydrogen) atoms. The lowest BCUT2D eigenvalue weighted by molar-refractivity contribution is -0.127. The maximum absolute atomic E-state index is 12.7. The lowest BCUT2D eigenvalue weighted by Crippen LogP contribution is -2.36. The summed E-state index contributed by atoms with van der Waals surface area (Å²) in [4.78, 5) is 38.4. The lowest BCUT2D eigenvalue weighted by Gasteiger charge is -2.13. The van der Waals surface area contributed by atoms with E-state index >= 15 is 0 Å². The molecule has 2 aromatic carbocycles. The van der Waals surface area contributed by atoms with Crippen molar-refractivity contribution >= 4 is 90.7 Å². The van der Waals surface area contributed by atoms with E-state index in [0.717, 1.165) is 16.7 Å². The Morgan fingerprint density at radius 3 is 2.77 bits per heavy atom. The number of carbonyl (C=O) groups is 3. The standard InChI is InChI=1S/C20H15BrClIN2O5S/c1-2-30-15-6-10(5-14(23)18(15)27)7-16-19(28)25(20(29)31-16)9-17(26)24-11-3-4-12(21)13(22)8-11/h3-8,27H,2,9H2,1H3,(H,24,26)/b16-7+. The van der Waals surface area contributed by atoms with Gasteiger partial charge in [0.1, 0.15) is 6.54 Å². The average Bonchev–Trinajstić information content (AvgIpc) is 2.96. The van der Waals surface area contributed by atoms with Crippen molar-refractivity contribution in [2.45, 2.75) is 6.92 Å². The van der Waals surface area contributed by atoms with Crippen LogP contribution in [0.5, 0.6) is 11.5 Å². The van der Waals surface area contributed by atoms with Crippen molar-refractivity contribution in [3.8, 4) is 11.5 Å². The fraction of sp³-hybridized carbons (Fsp3) is 0.150. The van der Waals surface area contributed by atoms with Crippen LogP contribution in [0.15, 0.2) is 39.7 Å². The SMILES string of the molecule is CCOc1cc(/C=C2/SC(=O)N(CC(=O)Nc3ccc(Br)c(Cl)c3)C2=O)cc(I)c1O. The minimum absolute atomic E-state index is 0.0115. The monoisotopic (exact) mass is 636 g/mol. The number of benzene rings is 2. The molecule has 7 nitrogen and oxygen atoms in total. The second-order valence-electron chi connectivity index (χ2n) is 6.23. The Balaban J connectivity index is 1.74. The number of ether oxygens (including phenoxy) is 1. The molecule has 0 atom stereocenters. The first kappa shape index (κ1) is 23.9. The summed E-state index contributed by atoms with van der Waals surface area (Å²) in [5.41, 5.74) is 1.04. The fourth-order valence-electron chi connectivity index (χ4n) is 2.65. The summed E-state index contributed by atoms with van der Waals surface area (Å²) in [5.74, 6) is -0.801. The highest BCUT2D eigenvalue weighted by molar-refractivity contribution is 14.1. The number of phenolic OH excluding ortho intramolecular Hbond substituents is 1. The number of carbonyl (C=O) groups excluding carboxylic acids is 3. The minimum atomic E-state index is -0.569. The van der Waals surface area contributed by atoms with Crippen LogP contribution in [-0.2, 0) is 9.59 Å². The Bertz CT molecular complexity index is 1110. The van der Waals surface area contributed by atoms with Crippen molar-refractivity contribution in [1.82, 2.24) is 4.90 Å². The van der Waals surface area contributed by atoms with Gasteiger partial charge in [-0.3, -0.25) is 19.3 Å². The number of aromatic hydroxyl groups is 1. The zero-order chi connectivity index (χ0) is 22.7. The summed E-state index contributed by atoms with van der Waals surface area (Å²) in [6, 6.07) is 8.12. The summed E-state index contributed by atoms with van der Waals surface area (Å²) in [7, 11) is 0. The van der Waals surface area contributed by atoms with Crippen LogP contribution in [-0.4, -0.2) is 40.2 Å². The highest BCUT2D eigenvalue weighted by atomic mass is 127. The van der Waals surface area contributed by atoms with Gasteiger partial charge in [0.05, 0.1) is 20.1 Å². The molecule has 0 radical (unpaired) electrons. The van der Waals surface area contributed by atoms with Gasteiger partial charge in [0.15, 0.2) is 11.5 Å². The third-order valence-corrected chi connectivity index (χ3v) is 6.99. The van der Waals surface area contributed by atoms with Crippen molar-refractivity contribution in [3.05, 3.63) is 53.9 Å². The Kier molecular flexibility index (Phi) is 7.89. The van der Waals surface area contributed by atoms with E-state index < -0.39 is 23.6 Å². The van der Waals surface area contributed by atoms with Gasteiger partial charge in [0.2, 0.25) is 5.91 Å². The number of halogens is 3. The molecule has 3 rings (SSSR count). The van der Waals surface area contributed by atoms with Gasteiger partial charge in [0, 0.05) is 10.2 Å². The molecule has 3 amide bonds. The van der Waals surface area contributed by atoms with E-state index in [2.05, 4.69) is 21.2 Å². The second kappa shape index (κ2) is 10.2. The minimum Gasteiger partial charge on any atom is -0.504 e. The van der Waals surface area contributed by atoms with Crippen LogP contribution in [0.4, 0.5) is 10.5 Å². The molecule has 1 heterocycles. The van der Waals surface area contributed by atoms with Gasteiger partial charge in [-0.05, 0) is 99.2 Å². The number of rotatable bonds is 6. The lowest BCUT2D eigenvalue weighted by atomic mass is 10.2. The highest BCUT2D eigenvalue weighted by Crippen LogP contribution is 2.36. The van der Waals surface area contributed by atoms with Crippen molar-refractivity contribution < 1.29 is 24.2 Å². The number of thioether (sulfide) groups is 1. The van der Waals surface area contributed by atoms with Crippen LogP contribution in [0.2, 0.25) is 5.02 Å². The van der Waals surface area contributed by atoms with E-state index in [1.165, 1.54) is 6.08 Å². The molecule has 2 N–H and O–H groups in total. The predicted molar refractivity (Wildman–Crippen MR) is 132 cm³/mol. The van der Waals surface area contributed by atoms with Gasteiger partial charge in [-0.25, -0.2) is 0 Å². The molecule has 1 aliphatic rings. The number of hydrogen-bond donors (Lipinski definition) is 2. The molecule has 0 aliphatic carbocycles. The third kappa shape index (κ3) is 5.73. The molecule has 0 unspecified atom stereocenters. The molecular formula is C20H15BrClIN2O5S. The summed E-state index contributed by atoms with van der Waals surface area (Å²) in [6.07, 6.45) is 1.53. The number of nitrogens with zero attached hydrogens (tertiary/aromatic N) is 1. The van der Waals surface area contributed by atoms with E-state index in [4.69, 9.17) is 16.3 Å². The molecule has 1 aliphatic heterocycles. The Labute approximate surface area is 209 Å². The summed E-state index contributed by atoms with van der Waals surface area (Å²) < 4.78 is 6.62. The molecule has 11 heteroatoms. The van der Waals surface area contributed by atoms with E-state index in [1.54, 1.807) is 37.3 Å². The molecule has 0 aromatic heterocycles. The van der Waals surface area contributed by atoms with Gasteiger partial charge < -0.3 is 15.2 Å². The Morgan fingerprint density at radius 2 is 2.10 bits per heavy atom. The van der Waals surface area contributed by atoms with Crippen LogP contribution in [0, 0.1) is 3.57 Å². The van der Waals surface area contributed by atoms with Gasteiger partial charge in [-0.15, -0.1) is 0 Å². The molecule has 1 fully saturated rings. The van der Waals surface area contributed by atoms with Crippen LogP contribution in [0.3, 0.4) is 0 Å². The van der Waals surface area contributed by atoms with Crippen molar-refractivity contribution in [2.75, 3.05) is 18.5 Å². The zero-order valence-electron chi connectivity index (χ0n) is 15.9. The van der Waals surface area contributed by atoms with E-state index in [-0.39, 0.29) is 16.4 Å². The fourth-order valence-corrected chi connectivity index (χ4v) is 4.54. The molecule has 0 spiro atoms. The summed E-state index contributed by atoms with van der Waals surface area (Å²) >= 11 is 12.0. The molecule has 0 bridgehead atoms. The van der Waals surface area contributed by atoms with Crippen LogP contribution in [0.1, 0.15) is 12.5 Å². The van der Waals surface area contributed by atoms with Crippen molar-refractivity contribution in [3.63, 3.8) is 0 Å². The van der Waals surface area contributed by atoms with Gasteiger partial charge in [-0.1, -0.05) is 11.6 Å². The summed E-state index contributed by atoms with van der Waals surface area (Å²) in [6.45, 7) is 1.73. The van der Waals surface area contributed by atoms with Gasteiger partial charge in [0.25, 0.3) is 11.1 Å². The topological polar surface area (TPSA) is 95.9 Å². The molecule has 1 saturated heterocycles. The van der Waals surface area contributed by atoms with Crippen molar-refractivity contribution in [2.24, 2.45) is 0 Å². The average molecular weight is 638 g/mol. The molecule has 162 valence electrons. The van der Waals surface area contributed by atoms with E-state index in [0.29, 0.717) is 30.9 Å². The summed E-state index contributed by atoms with van der Waals surface area (Å²) in [5, 5.41) is 12.5. The highest BCUT2D eigenvalue weighted by Gasteiger charge is 2.36. The maximum Gasteiger partial charge on any atom is 0.294 e. The largest absolute Gasteiger partial charge is 0.504 e. The number of nitrogens with one attached hydrogen (secondary N) is 1. The van der Waals surface area contributed by atoms with Crippen LogP contribution >= 0.6 is 61.9 Å². The Hall–Kier alpha value is -1.76. The van der Waals surface area contributed by atoms with Crippen molar-refractivity contribution in [1.29, 1.82) is 0 Å². The molecular weight excluding hydrogens is 623 g/mol. The van der Waals surface area contributed by atoms with Gasteiger partial charge in [-0.2, -0.15) is 0 Å². The number of anilines is 1. The quantitative estimate of drug-likeness (QED) is 0.322. The normalized spacial score (nSPS) is 15.0. The Morgan fingerprint density at radius 1 is 1.35 bits per heavy atom. The second-order valence-corrected chi connectivity index (χ2v) is 9.64. The number of hydrogen-bond acceptors (Lipinski definition) is 6. The molecule has 2 aromatic rings. The first-order chi connectivity index (χ1) is 14.7. The van der Waals surface area contributed by atoms with Crippen LogP contribution in [0.25, 0.3) is 6.08 Å². The number of phenols is 1.